The standard InChI is InChI=1S/C11H11ClO5/c1-15-9-6(12)5-7-10(8(9)11(13)14)17-4-2-3-16-7/h5H,2-4H2,1H3,(H,13,14). The van der Waals surface area contributed by atoms with Crippen LogP contribution in [0.25, 0.3) is 0 Å². The molecule has 1 aliphatic heterocycles. The summed E-state index contributed by atoms with van der Waals surface area (Å²) in [6.45, 7) is 0.868. The molecular weight excluding hydrogens is 248 g/mol. The van der Waals surface area contributed by atoms with Gasteiger partial charge in [-0.05, 0) is 0 Å². The Labute approximate surface area is 103 Å². The van der Waals surface area contributed by atoms with Gasteiger partial charge in [0.25, 0.3) is 0 Å². The fraction of sp³-hybridized carbons (Fsp3) is 0.364. The summed E-state index contributed by atoms with van der Waals surface area (Å²) < 4.78 is 15.8. The highest BCUT2D eigenvalue weighted by atomic mass is 35.5. The van der Waals surface area contributed by atoms with Gasteiger partial charge in [-0.15, -0.1) is 0 Å². The maximum absolute atomic E-state index is 11.2. The van der Waals surface area contributed by atoms with Crippen molar-refractivity contribution in [2.75, 3.05) is 20.3 Å². The molecular formula is C11H11ClO5. The SMILES string of the molecule is COc1c(Cl)cc2c(c1C(=O)O)OCCCO2. The van der Waals surface area contributed by atoms with Gasteiger partial charge < -0.3 is 19.3 Å². The minimum Gasteiger partial charge on any atom is -0.494 e. The van der Waals surface area contributed by atoms with Crippen LogP contribution in [0, 0.1) is 0 Å². The van der Waals surface area contributed by atoms with Crippen LogP contribution in [-0.4, -0.2) is 31.4 Å². The van der Waals surface area contributed by atoms with Crippen LogP contribution in [-0.2, 0) is 0 Å². The molecule has 1 N–H and O–H groups in total. The lowest BCUT2D eigenvalue weighted by Crippen LogP contribution is -2.06. The molecule has 6 heteroatoms. The van der Waals surface area contributed by atoms with Crippen molar-refractivity contribution in [1.82, 2.24) is 0 Å². The van der Waals surface area contributed by atoms with E-state index in [9.17, 15) is 9.90 Å². The molecule has 0 saturated carbocycles. The van der Waals surface area contributed by atoms with Gasteiger partial charge in [-0.25, -0.2) is 4.79 Å². The van der Waals surface area contributed by atoms with E-state index in [4.69, 9.17) is 25.8 Å². The molecule has 0 saturated heterocycles. The summed E-state index contributed by atoms with van der Waals surface area (Å²) in [4.78, 5) is 11.2. The van der Waals surface area contributed by atoms with Crippen LogP contribution in [0.3, 0.4) is 0 Å². The van der Waals surface area contributed by atoms with Crippen molar-refractivity contribution in [2.45, 2.75) is 6.42 Å². The maximum atomic E-state index is 11.2. The number of halogens is 1. The molecule has 0 bridgehead atoms. The Kier molecular flexibility index (Phi) is 3.28. The summed E-state index contributed by atoms with van der Waals surface area (Å²) in [6.07, 6.45) is 0.688. The molecule has 0 radical (unpaired) electrons. The van der Waals surface area contributed by atoms with Gasteiger partial charge in [0.15, 0.2) is 17.2 Å². The summed E-state index contributed by atoms with van der Waals surface area (Å²) in [6, 6.07) is 1.51. The highest BCUT2D eigenvalue weighted by Gasteiger charge is 2.26. The molecule has 0 aromatic heterocycles. The van der Waals surface area contributed by atoms with Gasteiger partial charge in [-0.1, -0.05) is 11.6 Å². The Balaban J connectivity index is 2.66. The first-order valence-corrected chi connectivity index (χ1v) is 5.42. The second-order valence-corrected chi connectivity index (χ2v) is 3.86. The Bertz CT molecular complexity index is 458. The van der Waals surface area contributed by atoms with Crippen molar-refractivity contribution in [3.05, 3.63) is 16.7 Å². The van der Waals surface area contributed by atoms with Crippen LogP contribution in [0.1, 0.15) is 16.8 Å². The van der Waals surface area contributed by atoms with Gasteiger partial charge in [0.2, 0.25) is 0 Å². The quantitative estimate of drug-likeness (QED) is 0.881. The summed E-state index contributed by atoms with van der Waals surface area (Å²) in [7, 11) is 1.36. The van der Waals surface area contributed by atoms with Crippen LogP contribution in [0.2, 0.25) is 5.02 Å². The van der Waals surface area contributed by atoms with Crippen LogP contribution in [0.15, 0.2) is 6.07 Å². The maximum Gasteiger partial charge on any atom is 0.343 e. The highest BCUT2D eigenvalue weighted by Crippen LogP contribution is 2.43. The molecule has 1 heterocycles. The van der Waals surface area contributed by atoms with Crippen LogP contribution >= 0.6 is 11.6 Å². The lowest BCUT2D eigenvalue weighted by Gasteiger charge is -2.14. The van der Waals surface area contributed by atoms with E-state index in [1.54, 1.807) is 0 Å². The molecule has 0 aliphatic carbocycles. The van der Waals surface area contributed by atoms with Crippen molar-refractivity contribution < 1.29 is 24.1 Å². The lowest BCUT2D eigenvalue weighted by molar-refractivity contribution is 0.0688. The van der Waals surface area contributed by atoms with Crippen molar-refractivity contribution >= 4 is 17.6 Å². The predicted molar refractivity (Wildman–Crippen MR) is 60.6 cm³/mol. The van der Waals surface area contributed by atoms with E-state index >= 15 is 0 Å². The van der Waals surface area contributed by atoms with E-state index in [1.165, 1.54) is 13.2 Å². The van der Waals surface area contributed by atoms with Crippen molar-refractivity contribution in [3.63, 3.8) is 0 Å². The molecule has 17 heavy (non-hydrogen) atoms. The van der Waals surface area contributed by atoms with Crippen LogP contribution < -0.4 is 14.2 Å². The van der Waals surface area contributed by atoms with Crippen molar-refractivity contribution in [3.8, 4) is 17.2 Å². The molecule has 92 valence electrons. The van der Waals surface area contributed by atoms with Crippen molar-refractivity contribution in [1.29, 1.82) is 0 Å². The largest absolute Gasteiger partial charge is 0.494 e. The number of fused-ring (bicyclic) bond motifs is 1. The van der Waals surface area contributed by atoms with Crippen LogP contribution in [0.4, 0.5) is 0 Å². The third kappa shape index (κ3) is 2.10. The number of ether oxygens (including phenoxy) is 3. The molecule has 2 rings (SSSR count). The Morgan fingerprint density at radius 2 is 2.18 bits per heavy atom. The van der Waals surface area contributed by atoms with E-state index < -0.39 is 5.97 Å². The highest BCUT2D eigenvalue weighted by molar-refractivity contribution is 6.33. The number of hydrogen-bond acceptors (Lipinski definition) is 4. The van der Waals surface area contributed by atoms with E-state index in [-0.39, 0.29) is 22.1 Å². The molecule has 0 atom stereocenters. The van der Waals surface area contributed by atoms with Gasteiger partial charge in [0, 0.05) is 12.5 Å². The van der Waals surface area contributed by atoms with Crippen LogP contribution in [0.5, 0.6) is 17.2 Å². The molecule has 0 unspecified atom stereocenters. The first kappa shape index (κ1) is 11.9. The third-order valence-electron chi connectivity index (χ3n) is 2.36. The number of benzene rings is 1. The van der Waals surface area contributed by atoms with E-state index in [0.717, 1.165) is 0 Å². The Morgan fingerprint density at radius 1 is 1.47 bits per heavy atom. The first-order chi connectivity index (χ1) is 8.15. The van der Waals surface area contributed by atoms with Gasteiger partial charge in [-0.2, -0.15) is 0 Å². The number of carboxylic acids is 1. The normalized spacial score (nSPS) is 14.0. The average molecular weight is 259 g/mol. The summed E-state index contributed by atoms with van der Waals surface area (Å²) in [5.41, 5.74) is -0.100. The molecule has 1 aromatic carbocycles. The predicted octanol–water partition coefficient (Wildman–Crippen LogP) is 2.21. The van der Waals surface area contributed by atoms with Gasteiger partial charge in [0.05, 0.1) is 25.3 Å². The summed E-state index contributed by atoms with van der Waals surface area (Å²) >= 11 is 5.94. The number of aromatic carboxylic acids is 1. The minimum absolute atomic E-state index is 0.0865. The first-order valence-electron chi connectivity index (χ1n) is 5.04. The monoisotopic (exact) mass is 258 g/mol. The molecule has 5 nitrogen and oxygen atoms in total. The zero-order valence-electron chi connectivity index (χ0n) is 9.16. The Morgan fingerprint density at radius 3 is 2.82 bits per heavy atom. The zero-order chi connectivity index (χ0) is 12.4. The lowest BCUT2D eigenvalue weighted by atomic mass is 10.1. The summed E-state index contributed by atoms with van der Waals surface area (Å²) in [5.74, 6) is -0.559. The minimum atomic E-state index is -1.16. The molecule has 1 aliphatic rings. The number of rotatable bonds is 2. The van der Waals surface area contributed by atoms with Gasteiger partial charge in [0.1, 0.15) is 5.56 Å². The summed E-state index contributed by atoms with van der Waals surface area (Å²) in [5, 5.41) is 9.38. The zero-order valence-corrected chi connectivity index (χ0v) is 9.91. The smallest absolute Gasteiger partial charge is 0.343 e. The molecule has 0 fully saturated rings. The van der Waals surface area contributed by atoms with Gasteiger partial charge >= 0.3 is 5.97 Å². The second kappa shape index (κ2) is 4.71. The number of methoxy groups -OCH3 is 1. The molecule has 0 amide bonds. The number of hydrogen-bond donors (Lipinski definition) is 1. The Hall–Kier alpha value is -1.62. The topological polar surface area (TPSA) is 65.0 Å². The van der Waals surface area contributed by atoms with E-state index in [2.05, 4.69) is 0 Å². The number of carbonyl (C=O) groups is 1. The molecule has 1 aromatic rings. The van der Waals surface area contributed by atoms with Crippen molar-refractivity contribution in [2.24, 2.45) is 0 Å². The van der Waals surface area contributed by atoms with Gasteiger partial charge in [-0.3, -0.25) is 0 Å². The fourth-order valence-corrected chi connectivity index (χ4v) is 1.92. The third-order valence-corrected chi connectivity index (χ3v) is 2.64. The fourth-order valence-electron chi connectivity index (χ4n) is 1.65. The number of carboxylic acid groups (broad SMARTS) is 1. The molecule has 0 spiro atoms. The second-order valence-electron chi connectivity index (χ2n) is 3.45. The van der Waals surface area contributed by atoms with E-state index in [1.807, 2.05) is 0 Å². The average Bonchev–Trinajstić information content (AvgIpc) is 2.51. The van der Waals surface area contributed by atoms with E-state index in [0.29, 0.717) is 25.4 Å².